The van der Waals surface area contributed by atoms with Crippen molar-refractivity contribution in [2.24, 2.45) is 0 Å². The second-order valence-electron chi connectivity index (χ2n) is 4.84. The summed E-state index contributed by atoms with van der Waals surface area (Å²) in [5, 5.41) is 10.1. The van der Waals surface area contributed by atoms with Crippen LogP contribution >= 0.6 is 0 Å². The summed E-state index contributed by atoms with van der Waals surface area (Å²) in [6.07, 6.45) is 4.28. The molecule has 1 fully saturated rings. The van der Waals surface area contributed by atoms with E-state index in [4.69, 9.17) is 5.73 Å². The van der Waals surface area contributed by atoms with Crippen LogP contribution in [0.4, 0.5) is 5.69 Å². The molecule has 1 heterocycles. The van der Waals surface area contributed by atoms with Gasteiger partial charge in [0, 0.05) is 17.8 Å². The Morgan fingerprint density at radius 2 is 1.88 bits per heavy atom. The summed E-state index contributed by atoms with van der Waals surface area (Å²) in [5.74, 6) is 0. The van der Waals surface area contributed by atoms with E-state index in [9.17, 15) is 5.11 Å². The Morgan fingerprint density at radius 1 is 1.18 bits per heavy atom. The van der Waals surface area contributed by atoms with Crippen molar-refractivity contribution in [3.05, 3.63) is 29.8 Å². The summed E-state index contributed by atoms with van der Waals surface area (Å²) in [7, 11) is 0. The van der Waals surface area contributed by atoms with E-state index in [-0.39, 0.29) is 0 Å². The third kappa shape index (κ3) is 3.45. The van der Waals surface area contributed by atoms with Crippen molar-refractivity contribution in [3.63, 3.8) is 0 Å². The van der Waals surface area contributed by atoms with Gasteiger partial charge in [-0.15, -0.1) is 0 Å². The van der Waals surface area contributed by atoms with E-state index in [2.05, 4.69) is 4.90 Å². The summed E-state index contributed by atoms with van der Waals surface area (Å²) >= 11 is 0. The lowest BCUT2D eigenvalue weighted by atomic mass is 10.0. The highest BCUT2D eigenvalue weighted by Gasteiger charge is 2.14. The van der Waals surface area contributed by atoms with Gasteiger partial charge in [-0.3, -0.25) is 0 Å². The number of likely N-dealkylation sites (tertiary alicyclic amines) is 1. The quantitative estimate of drug-likeness (QED) is 0.785. The Morgan fingerprint density at radius 3 is 2.59 bits per heavy atom. The Balaban J connectivity index is 1.84. The number of nitrogens with two attached hydrogens (primary N) is 1. The third-order valence-electron chi connectivity index (χ3n) is 3.52. The summed E-state index contributed by atoms with van der Waals surface area (Å²) < 4.78 is 0. The maximum Gasteiger partial charge on any atom is 0.0822 e. The standard InChI is InChI=1S/C14H22N2O/c15-13-7-3-2-6-12(13)14(17)8-11-16-9-4-1-5-10-16/h2-3,6-7,14,17H,1,4-5,8-11,15H2. The van der Waals surface area contributed by atoms with Gasteiger partial charge in [0.05, 0.1) is 6.10 Å². The van der Waals surface area contributed by atoms with Crippen molar-refractivity contribution in [1.82, 2.24) is 4.90 Å². The average Bonchev–Trinajstić information content (AvgIpc) is 2.38. The summed E-state index contributed by atoms with van der Waals surface area (Å²) in [6.45, 7) is 3.32. The molecule has 1 aliphatic rings. The fraction of sp³-hybridized carbons (Fsp3) is 0.571. The number of aliphatic hydroxyl groups excluding tert-OH is 1. The number of rotatable bonds is 4. The lowest BCUT2D eigenvalue weighted by Gasteiger charge is -2.27. The van der Waals surface area contributed by atoms with Crippen LogP contribution in [0.5, 0.6) is 0 Å². The van der Waals surface area contributed by atoms with Crippen LogP contribution in [0.1, 0.15) is 37.4 Å². The van der Waals surface area contributed by atoms with E-state index < -0.39 is 6.10 Å². The van der Waals surface area contributed by atoms with Crippen molar-refractivity contribution in [2.75, 3.05) is 25.4 Å². The Hall–Kier alpha value is -1.06. The maximum absolute atomic E-state index is 10.1. The summed E-state index contributed by atoms with van der Waals surface area (Å²) in [6, 6.07) is 7.58. The number of benzene rings is 1. The number of para-hydroxylation sites is 1. The second-order valence-corrected chi connectivity index (χ2v) is 4.84. The topological polar surface area (TPSA) is 49.5 Å². The number of piperidine rings is 1. The van der Waals surface area contributed by atoms with Gasteiger partial charge in [-0.05, 0) is 38.4 Å². The average molecular weight is 234 g/mol. The zero-order chi connectivity index (χ0) is 12.1. The van der Waals surface area contributed by atoms with Gasteiger partial charge < -0.3 is 15.7 Å². The fourth-order valence-corrected chi connectivity index (χ4v) is 2.46. The molecule has 0 saturated carbocycles. The number of aliphatic hydroxyl groups is 1. The van der Waals surface area contributed by atoms with Gasteiger partial charge in [-0.2, -0.15) is 0 Å². The SMILES string of the molecule is Nc1ccccc1C(O)CCN1CCCCC1. The zero-order valence-corrected chi connectivity index (χ0v) is 10.3. The predicted molar refractivity (Wildman–Crippen MR) is 70.7 cm³/mol. The largest absolute Gasteiger partial charge is 0.398 e. The first kappa shape index (κ1) is 12.4. The van der Waals surface area contributed by atoms with E-state index in [0.29, 0.717) is 5.69 Å². The fourth-order valence-electron chi connectivity index (χ4n) is 2.46. The lowest BCUT2D eigenvalue weighted by Crippen LogP contribution is -2.31. The number of nitrogens with zero attached hydrogens (tertiary/aromatic N) is 1. The molecule has 94 valence electrons. The van der Waals surface area contributed by atoms with Crippen LogP contribution in [-0.2, 0) is 0 Å². The molecule has 1 atom stereocenters. The molecule has 3 heteroatoms. The van der Waals surface area contributed by atoms with Gasteiger partial charge in [-0.1, -0.05) is 24.6 Å². The van der Waals surface area contributed by atoms with Gasteiger partial charge in [0.15, 0.2) is 0 Å². The minimum absolute atomic E-state index is 0.432. The van der Waals surface area contributed by atoms with Crippen molar-refractivity contribution >= 4 is 5.69 Å². The highest BCUT2D eigenvalue weighted by atomic mass is 16.3. The molecule has 0 bridgehead atoms. The van der Waals surface area contributed by atoms with Crippen molar-refractivity contribution in [2.45, 2.75) is 31.8 Å². The van der Waals surface area contributed by atoms with Crippen molar-refractivity contribution in [1.29, 1.82) is 0 Å². The van der Waals surface area contributed by atoms with Crippen molar-refractivity contribution < 1.29 is 5.11 Å². The second kappa shape index (κ2) is 6.03. The van der Waals surface area contributed by atoms with Crippen LogP contribution < -0.4 is 5.73 Å². The molecule has 0 aromatic heterocycles. The minimum atomic E-state index is -0.432. The molecule has 0 spiro atoms. The first-order valence-corrected chi connectivity index (χ1v) is 6.52. The van der Waals surface area contributed by atoms with Gasteiger partial charge in [-0.25, -0.2) is 0 Å². The van der Waals surface area contributed by atoms with Crippen LogP contribution in [-0.4, -0.2) is 29.6 Å². The molecular formula is C14H22N2O. The molecule has 2 rings (SSSR count). The minimum Gasteiger partial charge on any atom is -0.398 e. The molecule has 1 aliphatic heterocycles. The van der Waals surface area contributed by atoms with Crippen molar-refractivity contribution in [3.8, 4) is 0 Å². The normalized spacial score (nSPS) is 19.1. The van der Waals surface area contributed by atoms with Gasteiger partial charge in [0.1, 0.15) is 0 Å². The Bertz CT molecular complexity index is 348. The molecular weight excluding hydrogens is 212 g/mol. The van der Waals surface area contributed by atoms with Gasteiger partial charge in [0.25, 0.3) is 0 Å². The lowest BCUT2D eigenvalue weighted by molar-refractivity contribution is 0.134. The van der Waals surface area contributed by atoms with Crippen LogP contribution in [0.25, 0.3) is 0 Å². The number of hydrogen-bond donors (Lipinski definition) is 2. The monoisotopic (exact) mass is 234 g/mol. The first-order chi connectivity index (χ1) is 8.27. The maximum atomic E-state index is 10.1. The van der Waals surface area contributed by atoms with Crippen LogP contribution in [0.15, 0.2) is 24.3 Å². The molecule has 0 amide bonds. The molecule has 1 unspecified atom stereocenters. The Labute approximate surface area is 103 Å². The molecule has 0 radical (unpaired) electrons. The molecule has 1 aromatic carbocycles. The Kier molecular flexibility index (Phi) is 4.40. The number of anilines is 1. The van der Waals surface area contributed by atoms with E-state index in [1.807, 2.05) is 24.3 Å². The summed E-state index contributed by atoms with van der Waals surface area (Å²) in [4.78, 5) is 2.44. The van der Waals surface area contributed by atoms with E-state index in [1.165, 1.54) is 32.4 Å². The number of nitrogen functional groups attached to an aromatic ring is 1. The highest BCUT2D eigenvalue weighted by Crippen LogP contribution is 2.23. The summed E-state index contributed by atoms with van der Waals surface area (Å²) in [5.41, 5.74) is 7.42. The smallest absolute Gasteiger partial charge is 0.0822 e. The zero-order valence-electron chi connectivity index (χ0n) is 10.3. The number of hydrogen-bond acceptors (Lipinski definition) is 3. The van der Waals surface area contributed by atoms with E-state index >= 15 is 0 Å². The molecule has 0 aliphatic carbocycles. The molecule has 3 nitrogen and oxygen atoms in total. The van der Waals surface area contributed by atoms with Crippen LogP contribution in [0.3, 0.4) is 0 Å². The van der Waals surface area contributed by atoms with Gasteiger partial charge >= 0.3 is 0 Å². The molecule has 17 heavy (non-hydrogen) atoms. The first-order valence-electron chi connectivity index (χ1n) is 6.52. The van der Waals surface area contributed by atoms with Gasteiger partial charge in [0.2, 0.25) is 0 Å². The molecule has 3 N–H and O–H groups in total. The predicted octanol–water partition coefficient (Wildman–Crippen LogP) is 2.18. The van der Waals surface area contributed by atoms with E-state index in [1.54, 1.807) is 0 Å². The van der Waals surface area contributed by atoms with Crippen LogP contribution in [0, 0.1) is 0 Å². The molecule has 1 aromatic rings. The highest BCUT2D eigenvalue weighted by molar-refractivity contribution is 5.47. The van der Waals surface area contributed by atoms with Crippen LogP contribution in [0.2, 0.25) is 0 Å². The third-order valence-corrected chi connectivity index (χ3v) is 3.52. The molecule has 1 saturated heterocycles. The van der Waals surface area contributed by atoms with E-state index in [0.717, 1.165) is 18.5 Å².